The van der Waals surface area contributed by atoms with Crippen LogP contribution in [-0.4, -0.2) is 35.9 Å². The maximum absolute atomic E-state index is 13.5. The van der Waals surface area contributed by atoms with Gasteiger partial charge in [0.25, 0.3) is 5.91 Å². The van der Waals surface area contributed by atoms with Crippen molar-refractivity contribution in [3.63, 3.8) is 0 Å². The van der Waals surface area contributed by atoms with Gasteiger partial charge in [0.05, 0.1) is 0 Å². The lowest BCUT2D eigenvalue weighted by atomic mass is 10.0. The number of carbonyl (C=O) groups excluding carboxylic acids is 2. The number of amides is 2. The van der Waals surface area contributed by atoms with Crippen LogP contribution in [-0.2, 0) is 22.6 Å². The Morgan fingerprint density at radius 1 is 0.943 bits per heavy atom. The lowest BCUT2D eigenvalue weighted by Gasteiger charge is -2.31. The van der Waals surface area contributed by atoms with E-state index in [1.807, 2.05) is 75.4 Å². The Labute approximate surface area is 213 Å². The summed E-state index contributed by atoms with van der Waals surface area (Å²) < 4.78 is 5.76. The van der Waals surface area contributed by atoms with Gasteiger partial charge in [-0.2, -0.15) is 0 Å². The number of hydrogen-bond acceptors (Lipinski definition) is 3. The summed E-state index contributed by atoms with van der Waals surface area (Å²) in [5, 5.41) is 3.55. The fourth-order valence-electron chi connectivity index (χ4n) is 3.65. The smallest absolute Gasteiger partial charge is 0.261 e. The summed E-state index contributed by atoms with van der Waals surface area (Å²) in [5.74, 6) is 0.352. The lowest BCUT2D eigenvalue weighted by Crippen LogP contribution is -2.52. The lowest BCUT2D eigenvalue weighted by molar-refractivity contribution is -0.142. The second-order valence-electron chi connectivity index (χ2n) is 9.10. The zero-order valence-electron chi connectivity index (χ0n) is 20.5. The number of hydrogen-bond donors (Lipinski definition) is 1. The van der Waals surface area contributed by atoms with Gasteiger partial charge < -0.3 is 15.0 Å². The number of halogens is 1. The molecular formula is C29H33ClN2O3. The number of benzene rings is 3. The van der Waals surface area contributed by atoms with Crippen molar-refractivity contribution in [3.05, 3.63) is 101 Å². The first kappa shape index (κ1) is 26.3. The van der Waals surface area contributed by atoms with E-state index in [1.165, 1.54) is 0 Å². The molecule has 35 heavy (non-hydrogen) atoms. The van der Waals surface area contributed by atoms with Crippen molar-refractivity contribution in [2.24, 2.45) is 5.92 Å². The van der Waals surface area contributed by atoms with Crippen molar-refractivity contribution < 1.29 is 14.3 Å². The molecule has 1 N–H and O–H groups in total. The SMILES string of the molecule is Cc1ccc(CN(C(=O)COc2cccc(Cl)c2)C(Cc2ccccc2)C(=O)NCC(C)C)cc1. The molecular weight excluding hydrogens is 460 g/mol. The molecule has 0 aliphatic carbocycles. The van der Waals surface area contributed by atoms with E-state index >= 15 is 0 Å². The number of rotatable bonds is 11. The van der Waals surface area contributed by atoms with Crippen LogP contribution >= 0.6 is 11.6 Å². The average molecular weight is 493 g/mol. The molecule has 1 unspecified atom stereocenters. The van der Waals surface area contributed by atoms with Crippen molar-refractivity contribution in [2.45, 2.75) is 39.8 Å². The number of nitrogens with one attached hydrogen (secondary N) is 1. The molecule has 0 spiro atoms. The molecule has 0 heterocycles. The molecule has 0 bridgehead atoms. The van der Waals surface area contributed by atoms with Crippen molar-refractivity contribution in [3.8, 4) is 5.75 Å². The molecule has 3 aromatic carbocycles. The van der Waals surface area contributed by atoms with Gasteiger partial charge in [0, 0.05) is 24.5 Å². The summed E-state index contributed by atoms with van der Waals surface area (Å²) in [5.41, 5.74) is 3.06. The number of nitrogens with zero attached hydrogens (tertiary/aromatic N) is 1. The summed E-state index contributed by atoms with van der Waals surface area (Å²) in [6.07, 6.45) is 0.402. The van der Waals surface area contributed by atoms with E-state index in [0.717, 1.165) is 16.7 Å². The Morgan fingerprint density at radius 2 is 1.66 bits per heavy atom. The summed E-state index contributed by atoms with van der Waals surface area (Å²) in [4.78, 5) is 28.6. The van der Waals surface area contributed by atoms with Crippen LogP contribution in [0.15, 0.2) is 78.9 Å². The number of aryl methyl sites for hydroxylation is 1. The molecule has 1 atom stereocenters. The first-order valence-corrected chi connectivity index (χ1v) is 12.2. The highest BCUT2D eigenvalue weighted by Crippen LogP contribution is 2.19. The highest BCUT2D eigenvalue weighted by atomic mass is 35.5. The van der Waals surface area contributed by atoms with Crippen molar-refractivity contribution in [1.29, 1.82) is 0 Å². The number of ether oxygens (including phenoxy) is 1. The predicted octanol–water partition coefficient (Wildman–Crippen LogP) is 5.44. The van der Waals surface area contributed by atoms with Gasteiger partial charge in [-0.1, -0.05) is 91.7 Å². The van der Waals surface area contributed by atoms with E-state index in [-0.39, 0.29) is 18.4 Å². The Kier molecular flexibility index (Phi) is 9.74. The highest BCUT2D eigenvalue weighted by molar-refractivity contribution is 6.30. The topological polar surface area (TPSA) is 58.6 Å². The van der Waals surface area contributed by atoms with E-state index in [0.29, 0.717) is 36.2 Å². The Bertz CT molecular complexity index is 1100. The quantitative estimate of drug-likeness (QED) is 0.387. The summed E-state index contributed by atoms with van der Waals surface area (Å²) in [6.45, 7) is 6.74. The van der Waals surface area contributed by atoms with Crippen molar-refractivity contribution in [1.82, 2.24) is 10.2 Å². The van der Waals surface area contributed by atoms with Gasteiger partial charge >= 0.3 is 0 Å². The largest absolute Gasteiger partial charge is 0.484 e. The van der Waals surface area contributed by atoms with Crippen LogP contribution in [0.5, 0.6) is 5.75 Å². The molecule has 3 aromatic rings. The van der Waals surface area contributed by atoms with Gasteiger partial charge in [0.2, 0.25) is 5.91 Å². The second kappa shape index (κ2) is 13.0. The van der Waals surface area contributed by atoms with E-state index in [4.69, 9.17) is 16.3 Å². The van der Waals surface area contributed by atoms with Crippen LogP contribution in [0.2, 0.25) is 5.02 Å². The normalized spacial score (nSPS) is 11.7. The third-order valence-corrected chi connectivity index (χ3v) is 5.82. The molecule has 184 valence electrons. The fourth-order valence-corrected chi connectivity index (χ4v) is 3.83. The Hall–Kier alpha value is -3.31. The summed E-state index contributed by atoms with van der Waals surface area (Å²) in [6, 6.07) is 24.0. The minimum Gasteiger partial charge on any atom is -0.484 e. The maximum atomic E-state index is 13.5. The van der Waals surface area contributed by atoms with Crippen molar-refractivity contribution >= 4 is 23.4 Å². The van der Waals surface area contributed by atoms with Gasteiger partial charge in [-0.05, 0) is 42.2 Å². The van der Waals surface area contributed by atoms with Crippen LogP contribution in [0, 0.1) is 12.8 Å². The van der Waals surface area contributed by atoms with Crippen LogP contribution < -0.4 is 10.1 Å². The predicted molar refractivity (Wildman–Crippen MR) is 140 cm³/mol. The minimum atomic E-state index is -0.687. The maximum Gasteiger partial charge on any atom is 0.261 e. The molecule has 3 rings (SSSR count). The molecule has 0 fully saturated rings. The minimum absolute atomic E-state index is 0.175. The molecule has 5 nitrogen and oxygen atoms in total. The van der Waals surface area contributed by atoms with Crippen LogP contribution in [0.25, 0.3) is 0 Å². The Morgan fingerprint density at radius 3 is 2.31 bits per heavy atom. The summed E-state index contributed by atoms with van der Waals surface area (Å²) >= 11 is 6.06. The molecule has 0 radical (unpaired) electrons. The first-order chi connectivity index (χ1) is 16.8. The molecule has 0 aromatic heterocycles. The van der Waals surface area contributed by atoms with Gasteiger partial charge in [-0.25, -0.2) is 0 Å². The van der Waals surface area contributed by atoms with E-state index < -0.39 is 6.04 Å². The third kappa shape index (κ3) is 8.45. The fraction of sp³-hybridized carbons (Fsp3) is 0.310. The molecule has 0 aliphatic rings. The first-order valence-electron chi connectivity index (χ1n) is 11.9. The van der Waals surface area contributed by atoms with Crippen LogP contribution in [0.4, 0.5) is 0 Å². The zero-order chi connectivity index (χ0) is 25.2. The van der Waals surface area contributed by atoms with Crippen molar-refractivity contribution in [2.75, 3.05) is 13.2 Å². The zero-order valence-corrected chi connectivity index (χ0v) is 21.3. The van der Waals surface area contributed by atoms with Gasteiger partial charge in [-0.15, -0.1) is 0 Å². The number of carbonyl (C=O) groups is 2. The van der Waals surface area contributed by atoms with E-state index in [1.54, 1.807) is 29.2 Å². The second-order valence-corrected chi connectivity index (χ2v) is 9.53. The molecule has 0 saturated carbocycles. The molecule has 2 amide bonds. The van der Waals surface area contributed by atoms with E-state index in [9.17, 15) is 9.59 Å². The third-order valence-electron chi connectivity index (χ3n) is 5.59. The van der Waals surface area contributed by atoms with Gasteiger partial charge in [0.15, 0.2) is 6.61 Å². The molecule has 6 heteroatoms. The standard InChI is InChI=1S/C29H33ClN2O3/c1-21(2)18-31-29(34)27(16-23-8-5-4-6-9-23)32(19-24-14-12-22(3)13-15-24)28(33)20-35-26-11-7-10-25(30)17-26/h4-15,17,21,27H,16,18-20H2,1-3H3,(H,31,34). The highest BCUT2D eigenvalue weighted by Gasteiger charge is 2.30. The summed E-state index contributed by atoms with van der Waals surface area (Å²) in [7, 11) is 0. The average Bonchev–Trinajstić information content (AvgIpc) is 2.85. The van der Waals surface area contributed by atoms with Gasteiger partial charge in [-0.3, -0.25) is 9.59 Å². The molecule has 0 saturated heterocycles. The monoisotopic (exact) mass is 492 g/mol. The molecule has 0 aliphatic heterocycles. The Balaban J connectivity index is 1.89. The van der Waals surface area contributed by atoms with Gasteiger partial charge in [0.1, 0.15) is 11.8 Å². The van der Waals surface area contributed by atoms with Crippen LogP contribution in [0.3, 0.4) is 0 Å². The van der Waals surface area contributed by atoms with E-state index in [2.05, 4.69) is 5.32 Å². The van der Waals surface area contributed by atoms with Crippen LogP contribution in [0.1, 0.15) is 30.5 Å².